The van der Waals surface area contributed by atoms with E-state index in [4.69, 9.17) is 9.26 Å². The Balaban J connectivity index is 1.56. The molecule has 0 spiro atoms. The topological polar surface area (TPSA) is 81.4 Å². The summed E-state index contributed by atoms with van der Waals surface area (Å²) in [5, 5.41) is 6.38. The Hall–Kier alpha value is -3.41. The summed E-state index contributed by atoms with van der Waals surface area (Å²) in [5.41, 5.74) is 3.46. The summed E-state index contributed by atoms with van der Waals surface area (Å²) in [4.78, 5) is 24.0. The Bertz CT molecular complexity index is 895. The van der Waals surface area contributed by atoms with Crippen LogP contribution < -0.4 is 5.32 Å². The fraction of sp³-hybridized carbons (Fsp3) is 0.150. The van der Waals surface area contributed by atoms with E-state index < -0.39 is 11.9 Å². The lowest BCUT2D eigenvalue weighted by molar-refractivity contribution is -0.119. The predicted molar refractivity (Wildman–Crippen MR) is 96.8 cm³/mol. The maximum absolute atomic E-state index is 12.0. The number of aromatic nitrogens is 1. The number of hydrogen-bond acceptors (Lipinski definition) is 5. The van der Waals surface area contributed by atoms with Gasteiger partial charge in [0.05, 0.1) is 5.69 Å². The number of ether oxygens (including phenoxy) is 1. The minimum Gasteiger partial charge on any atom is -0.452 e. The van der Waals surface area contributed by atoms with E-state index in [0.29, 0.717) is 17.1 Å². The zero-order valence-corrected chi connectivity index (χ0v) is 14.5. The Kier molecular flexibility index (Phi) is 5.12. The molecule has 2 aromatic carbocycles. The number of amides is 1. The first kappa shape index (κ1) is 17.4. The summed E-state index contributed by atoms with van der Waals surface area (Å²) in [5.74, 6) is -0.683. The standard InChI is InChI=1S/C20H18N2O4/c1-13-19(14(2)26-22-13)20(24)25-12-18(23)21-17-10-8-16(9-11-17)15-6-4-3-5-7-15/h3-11H,12H2,1-2H3,(H,21,23). The lowest BCUT2D eigenvalue weighted by Gasteiger charge is -2.08. The van der Waals surface area contributed by atoms with Gasteiger partial charge in [0.25, 0.3) is 5.91 Å². The van der Waals surface area contributed by atoms with E-state index in [-0.39, 0.29) is 12.2 Å². The highest BCUT2D eigenvalue weighted by molar-refractivity contribution is 5.96. The third-order valence-corrected chi connectivity index (χ3v) is 3.85. The van der Waals surface area contributed by atoms with E-state index >= 15 is 0 Å². The Morgan fingerprint density at radius 3 is 2.27 bits per heavy atom. The van der Waals surface area contributed by atoms with Crippen LogP contribution in [0.25, 0.3) is 11.1 Å². The number of anilines is 1. The SMILES string of the molecule is Cc1noc(C)c1C(=O)OCC(=O)Nc1ccc(-c2ccccc2)cc1. The second-order valence-corrected chi connectivity index (χ2v) is 5.77. The van der Waals surface area contributed by atoms with Crippen molar-refractivity contribution in [2.45, 2.75) is 13.8 Å². The third kappa shape index (κ3) is 3.97. The first-order valence-electron chi connectivity index (χ1n) is 8.10. The monoisotopic (exact) mass is 350 g/mol. The summed E-state index contributed by atoms with van der Waals surface area (Å²) in [6.07, 6.45) is 0. The fourth-order valence-corrected chi connectivity index (χ4v) is 2.55. The quantitative estimate of drug-likeness (QED) is 0.709. The molecule has 1 aromatic heterocycles. The number of rotatable bonds is 5. The van der Waals surface area contributed by atoms with E-state index in [1.54, 1.807) is 26.0 Å². The molecule has 0 aliphatic rings. The van der Waals surface area contributed by atoms with Crippen LogP contribution in [0.2, 0.25) is 0 Å². The van der Waals surface area contributed by atoms with Gasteiger partial charge in [0.15, 0.2) is 6.61 Å². The van der Waals surface area contributed by atoms with Gasteiger partial charge in [-0.15, -0.1) is 0 Å². The van der Waals surface area contributed by atoms with Gasteiger partial charge >= 0.3 is 5.97 Å². The molecule has 0 atom stereocenters. The molecule has 0 fully saturated rings. The minimum atomic E-state index is -0.629. The smallest absolute Gasteiger partial charge is 0.344 e. The molecule has 1 N–H and O–H groups in total. The number of hydrogen-bond donors (Lipinski definition) is 1. The van der Waals surface area contributed by atoms with Crippen LogP contribution in [0.1, 0.15) is 21.8 Å². The molecule has 0 unspecified atom stereocenters. The van der Waals surface area contributed by atoms with Crippen molar-refractivity contribution in [2.24, 2.45) is 0 Å². The lowest BCUT2D eigenvalue weighted by atomic mass is 10.1. The molecule has 0 saturated carbocycles. The highest BCUT2D eigenvalue weighted by atomic mass is 16.5. The Morgan fingerprint density at radius 2 is 1.65 bits per heavy atom. The van der Waals surface area contributed by atoms with E-state index in [0.717, 1.165) is 11.1 Å². The molecule has 0 saturated heterocycles. The number of nitrogens with zero attached hydrogens (tertiary/aromatic N) is 1. The predicted octanol–water partition coefficient (Wildman–Crippen LogP) is 3.75. The van der Waals surface area contributed by atoms with Crippen molar-refractivity contribution < 1.29 is 18.8 Å². The number of carbonyl (C=O) groups is 2. The zero-order chi connectivity index (χ0) is 18.5. The number of benzene rings is 2. The molecule has 6 heteroatoms. The molecule has 3 rings (SSSR count). The summed E-state index contributed by atoms with van der Waals surface area (Å²) in [6, 6.07) is 17.4. The molecule has 0 bridgehead atoms. The van der Waals surface area contributed by atoms with Crippen molar-refractivity contribution in [2.75, 3.05) is 11.9 Å². The summed E-state index contributed by atoms with van der Waals surface area (Å²) in [6.45, 7) is 2.87. The zero-order valence-electron chi connectivity index (χ0n) is 14.5. The van der Waals surface area contributed by atoms with Gasteiger partial charge < -0.3 is 14.6 Å². The summed E-state index contributed by atoms with van der Waals surface area (Å²) < 4.78 is 9.94. The van der Waals surface area contributed by atoms with Crippen LogP contribution in [0.5, 0.6) is 0 Å². The van der Waals surface area contributed by atoms with Crippen LogP contribution in [-0.4, -0.2) is 23.6 Å². The van der Waals surface area contributed by atoms with Crippen LogP contribution in [0, 0.1) is 13.8 Å². The molecular weight excluding hydrogens is 332 g/mol. The van der Waals surface area contributed by atoms with Gasteiger partial charge in [0.2, 0.25) is 0 Å². The van der Waals surface area contributed by atoms with Gasteiger partial charge in [0, 0.05) is 5.69 Å². The molecule has 1 heterocycles. The summed E-state index contributed by atoms with van der Waals surface area (Å²) >= 11 is 0. The number of aryl methyl sites for hydroxylation is 2. The molecule has 26 heavy (non-hydrogen) atoms. The average molecular weight is 350 g/mol. The van der Waals surface area contributed by atoms with Gasteiger partial charge in [0.1, 0.15) is 11.3 Å². The highest BCUT2D eigenvalue weighted by Gasteiger charge is 2.19. The number of nitrogens with one attached hydrogen (secondary N) is 1. The van der Waals surface area contributed by atoms with Crippen LogP contribution in [0.3, 0.4) is 0 Å². The molecule has 132 valence electrons. The first-order valence-corrected chi connectivity index (χ1v) is 8.10. The number of esters is 1. The average Bonchev–Trinajstić information content (AvgIpc) is 2.99. The van der Waals surface area contributed by atoms with Crippen LogP contribution in [0.15, 0.2) is 59.1 Å². The summed E-state index contributed by atoms with van der Waals surface area (Å²) in [7, 11) is 0. The molecule has 0 aliphatic carbocycles. The molecule has 6 nitrogen and oxygen atoms in total. The van der Waals surface area contributed by atoms with Gasteiger partial charge in [-0.1, -0.05) is 47.6 Å². The van der Waals surface area contributed by atoms with E-state index in [1.165, 1.54) is 0 Å². The highest BCUT2D eigenvalue weighted by Crippen LogP contribution is 2.21. The lowest BCUT2D eigenvalue weighted by Crippen LogP contribution is -2.21. The van der Waals surface area contributed by atoms with Crippen LogP contribution >= 0.6 is 0 Å². The van der Waals surface area contributed by atoms with E-state index in [2.05, 4.69) is 10.5 Å². The molecule has 1 amide bonds. The second kappa shape index (κ2) is 7.65. The Morgan fingerprint density at radius 1 is 1.00 bits per heavy atom. The number of carbonyl (C=O) groups excluding carboxylic acids is 2. The fourth-order valence-electron chi connectivity index (χ4n) is 2.55. The molecule has 0 aliphatic heterocycles. The van der Waals surface area contributed by atoms with Gasteiger partial charge in [-0.25, -0.2) is 4.79 Å². The van der Waals surface area contributed by atoms with E-state index in [9.17, 15) is 9.59 Å². The molecular formula is C20H18N2O4. The first-order chi connectivity index (χ1) is 12.5. The van der Waals surface area contributed by atoms with Crippen molar-refractivity contribution in [3.63, 3.8) is 0 Å². The van der Waals surface area contributed by atoms with Crippen molar-refractivity contribution >= 4 is 17.6 Å². The maximum atomic E-state index is 12.0. The maximum Gasteiger partial charge on any atom is 0.344 e. The van der Waals surface area contributed by atoms with Crippen molar-refractivity contribution in [3.8, 4) is 11.1 Å². The van der Waals surface area contributed by atoms with Gasteiger partial charge in [-0.05, 0) is 37.1 Å². The van der Waals surface area contributed by atoms with Crippen molar-refractivity contribution in [1.29, 1.82) is 0 Å². The molecule has 0 radical (unpaired) electrons. The Labute approximate surface area is 150 Å². The van der Waals surface area contributed by atoms with Crippen molar-refractivity contribution in [1.82, 2.24) is 5.16 Å². The van der Waals surface area contributed by atoms with E-state index in [1.807, 2.05) is 42.5 Å². The van der Waals surface area contributed by atoms with Gasteiger partial charge in [-0.3, -0.25) is 4.79 Å². The minimum absolute atomic E-state index is 0.255. The second-order valence-electron chi connectivity index (χ2n) is 5.77. The van der Waals surface area contributed by atoms with Crippen LogP contribution in [-0.2, 0) is 9.53 Å². The molecule has 3 aromatic rings. The third-order valence-electron chi connectivity index (χ3n) is 3.85. The van der Waals surface area contributed by atoms with Crippen LogP contribution in [0.4, 0.5) is 5.69 Å². The largest absolute Gasteiger partial charge is 0.452 e. The van der Waals surface area contributed by atoms with Gasteiger partial charge in [-0.2, -0.15) is 0 Å². The normalized spacial score (nSPS) is 10.4. The van der Waals surface area contributed by atoms with Crippen molar-refractivity contribution in [3.05, 3.63) is 71.6 Å².